The largest absolute Gasteiger partial charge is 0.460 e. The van der Waals surface area contributed by atoms with Gasteiger partial charge in [-0.15, -0.1) is 0 Å². The highest BCUT2D eigenvalue weighted by Gasteiger charge is 2.38. The summed E-state index contributed by atoms with van der Waals surface area (Å²) in [5, 5.41) is 0.0484. The number of cyclic esters (lactones) is 1. The van der Waals surface area contributed by atoms with Crippen LogP contribution in [0.25, 0.3) is 0 Å². The Morgan fingerprint density at radius 3 is 2.36 bits per heavy atom. The predicted octanol–water partition coefficient (Wildman–Crippen LogP) is 4.95. The van der Waals surface area contributed by atoms with Crippen LogP contribution in [0.5, 0.6) is 0 Å². The van der Waals surface area contributed by atoms with Gasteiger partial charge < -0.3 is 9.16 Å². The molecule has 0 unspecified atom stereocenters. The van der Waals surface area contributed by atoms with Crippen molar-refractivity contribution in [3.63, 3.8) is 0 Å². The van der Waals surface area contributed by atoms with Crippen LogP contribution in [-0.2, 0) is 18.8 Å². The lowest BCUT2D eigenvalue weighted by Crippen LogP contribution is -2.43. The Morgan fingerprint density at radius 2 is 1.72 bits per heavy atom. The number of ketones is 1. The van der Waals surface area contributed by atoms with Gasteiger partial charge in [0.2, 0.25) is 0 Å². The highest BCUT2D eigenvalue weighted by molar-refractivity contribution is 6.74. The molecule has 25 heavy (non-hydrogen) atoms. The minimum absolute atomic E-state index is 0.0484. The Kier molecular flexibility index (Phi) is 8.28. The predicted molar refractivity (Wildman–Crippen MR) is 104 cm³/mol. The second kappa shape index (κ2) is 9.48. The Bertz CT molecular complexity index is 514. The van der Waals surface area contributed by atoms with Gasteiger partial charge in [-0.05, 0) is 62.5 Å². The Morgan fingerprint density at radius 1 is 1.08 bits per heavy atom. The summed E-state index contributed by atoms with van der Waals surface area (Å²) >= 11 is 0. The van der Waals surface area contributed by atoms with Gasteiger partial charge in [-0.1, -0.05) is 27.2 Å². The molecule has 1 aliphatic rings. The van der Waals surface area contributed by atoms with E-state index in [1.54, 1.807) is 18.2 Å². The average Bonchev–Trinajstić information content (AvgIpc) is 2.47. The molecule has 5 heteroatoms. The molecular weight excluding hydrogens is 332 g/mol. The summed E-state index contributed by atoms with van der Waals surface area (Å²) in [7, 11) is -2.02. The van der Waals surface area contributed by atoms with E-state index in [-0.39, 0.29) is 22.9 Å². The van der Waals surface area contributed by atoms with Gasteiger partial charge in [0, 0.05) is 12.5 Å². The Labute approximate surface area is 153 Å². The van der Waals surface area contributed by atoms with Crippen molar-refractivity contribution in [1.82, 2.24) is 0 Å². The number of hydrogen-bond acceptors (Lipinski definition) is 4. The van der Waals surface area contributed by atoms with Crippen LogP contribution in [0.15, 0.2) is 24.3 Å². The lowest BCUT2D eigenvalue weighted by atomic mass is 10.1. The fourth-order valence-electron chi connectivity index (χ4n) is 2.32. The van der Waals surface area contributed by atoms with Crippen LogP contribution in [0.3, 0.4) is 0 Å². The van der Waals surface area contributed by atoms with Crippen molar-refractivity contribution in [1.29, 1.82) is 0 Å². The second-order valence-electron chi connectivity index (χ2n) is 8.37. The molecule has 1 heterocycles. The fraction of sp³-hybridized carbons (Fsp3) is 0.700. The van der Waals surface area contributed by atoms with Crippen molar-refractivity contribution in [2.24, 2.45) is 0 Å². The summed E-state index contributed by atoms with van der Waals surface area (Å²) in [5.41, 5.74) is 0. The molecule has 0 aromatic heterocycles. The van der Waals surface area contributed by atoms with Crippen LogP contribution < -0.4 is 0 Å². The average molecular weight is 367 g/mol. The molecule has 0 saturated heterocycles. The zero-order valence-corrected chi connectivity index (χ0v) is 17.6. The third-order valence-corrected chi connectivity index (χ3v) is 9.46. The molecule has 2 atom stereocenters. The number of ether oxygens (including phenoxy) is 1. The molecule has 0 radical (unpaired) electrons. The molecule has 1 rings (SSSR count). The van der Waals surface area contributed by atoms with E-state index < -0.39 is 14.4 Å². The maximum atomic E-state index is 12.0. The minimum Gasteiger partial charge on any atom is -0.460 e. The quantitative estimate of drug-likeness (QED) is 0.512. The van der Waals surface area contributed by atoms with Gasteiger partial charge >= 0.3 is 5.97 Å². The van der Waals surface area contributed by atoms with Crippen LogP contribution in [0.4, 0.5) is 0 Å². The van der Waals surface area contributed by atoms with Crippen molar-refractivity contribution >= 4 is 20.1 Å². The SMILES string of the molecule is C[C@H]1CCCCCC(=O)/C=C/[C@H](O[Si](C)(C)C(C)(C)C)/C=C/C(=O)O1. The van der Waals surface area contributed by atoms with E-state index in [0.29, 0.717) is 6.42 Å². The molecule has 142 valence electrons. The van der Waals surface area contributed by atoms with Crippen LogP contribution >= 0.6 is 0 Å². The zero-order valence-electron chi connectivity index (χ0n) is 16.6. The first-order valence-corrected chi connectivity index (χ1v) is 12.2. The van der Waals surface area contributed by atoms with E-state index in [4.69, 9.17) is 9.16 Å². The van der Waals surface area contributed by atoms with Crippen molar-refractivity contribution < 1.29 is 18.8 Å². The zero-order chi connectivity index (χ0) is 19.1. The molecule has 0 N–H and O–H groups in total. The van der Waals surface area contributed by atoms with Crippen LogP contribution in [0.2, 0.25) is 18.1 Å². The number of rotatable bonds is 2. The molecule has 0 aliphatic carbocycles. The normalized spacial score (nSPS) is 27.3. The summed E-state index contributed by atoms with van der Waals surface area (Å²) in [6, 6.07) is 0. The first-order valence-electron chi connectivity index (χ1n) is 9.29. The molecule has 0 aromatic rings. The Hall–Kier alpha value is -1.20. The van der Waals surface area contributed by atoms with Crippen molar-refractivity contribution in [3.8, 4) is 0 Å². The summed E-state index contributed by atoms with van der Waals surface area (Å²) < 4.78 is 11.7. The molecule has 0 aromatic carbocycles. The van der Waals surface area contributed by atoms with Gasteiger partial charge in [0.05, 0.1) is 12.2 Å². The lowest BCUT2D eigenvalue weighted by molar-refractivity contribution is -0.142. The van der Waals surface area contributed by atoms with Crippen LogP contribution in [-0.4, -0.2) is 32.3 Å². The van der Waals surface area contributed by atoms with E-state index >= 15 is 0 Å². The summed E-state index contributed by atoms with van der Waals surface area (Å²) in [5.74, 6) is -0.238. The van der Waals surface area contributed by atoms with Gasteiger partial charge in [0.15, 0.2) is 14.1 Å². The van der Waals surface area contributed by atoms with Crippen LogP contribution in [0, 0.1) is 0 Å². The molecule has 0 amide bonds. The first-order chi connectivity index (χ1) is 11.5. The van der Waals surface area contributed by atoms with E-state index in [9.17, 15) is 9.59 Å². The van der Waals surface area contributed by atoms with Gasteiger partial charge in [-0.3, -0.25) is 4.79 Å². The molecule has 0 bridgehead atoms. The number of allylic oxidation sites excluding steroid dienone is 1. The third kappa shape index (κ3) is 8.14. The molecule has 1 aliphatic heterocycles. The van der Waals surface area contributed by atoms with Crippen LogP contribution in [0.1, 0.15) is 59.8 Å². The monoisotopic (exact) mass is 366 g/mol. The second-order valence-corrected chi connectivity index (χ2v) is 13.1. The molecule has 4 nitrogen and oxygen atoms in total. The van der Waals surface area contributed by atoms with Crippen molar-refractivity contribution in [2.45, 2.75) is 90.1 Å². The molecule has 0 saturated carbocycles. The molecule has 0 fully saturated rings. The van der Waals surface area contributed by atoms with Gasteiger partial charge in [-0.2, -0.15) is 0 Å². The van der Waals surface area contributed by atoms with E-state index in [0.717, 1.165) is 25.7 Å². The van der Waals surface area contributed by atoms with Crippen molar-refractivity contribution in [2.75, 3.05) is 0 Å². The smallest absolute Gasteiger partial charge is 0.330 e. The number of carbonyl (C=O) groups excluding carboxylic acids is 2. The summed E-state index contributed by atoms with van der Waals surface area (Å²) in [4.78, 5) is 24.0. The van der Waals surface area contributed by atoms with Gasteiger partial charge in [-0.25, -0.2) is 4.79 Å². The van der Waals surface area contributed by atoms with E-state index in [2.05, 4.69) is 33.9 Å². The lowest BCUT2D eigenvalue weighted by Gasteiger charge is -2.38. The first kappa shape index (κ1) is 21.8. The molecular formula is C20H34O4Si. The summed E-state index contributed by atoms with van der Waals surface area (Å²) in [6.07, 6.45) is 10.2. The van der Waals surface area contributed by atoms with Gasteiger partial charge in [0.1, 0.15) is 0 Å². The third-order valence-electron chi connectivity index (χ3n) is 4.98. The topological polar surface area (TPSA) is 52.6 Å². The standard InChI is InChI=1S/C20H34O4Si/c1-16-10-8-7-9-11-17(21)12-13-18(14-15-19(22)23-16)24-25(5,6)20(2,3)4/h12-16,18H,7-11H2,1-6H3/b13-12+,15-14+/t16-,18-/m0/s1. The highest BCUT2D eigenvalue weighted by Crippen LogP contribution is 2.37. The van der Waals surface area contributed by atoms with E-state index in [1.807, 2.05) is 6.92 Å². The molecule has 0 spiro atoms. The highest BCUT2D eigenvalue weighted by atomic mass is 28.4. The number of carbonyl (C=O) groups is 2. The Balaban J connectivity index is 2.96. The van der Waals surface area contributed by atoms with E-state index in [1.165, 1.54) is 6.08 Å². The maximum absolute atomic E-state index is 12.0. The fourth-order valence-corrected chi connectivity index (χ4v) is 3.51. The van der Waals surface area contributed by atoms with Gasteiger partial charge in [0.25, 0.3) is 0 Å². The number of esters is 1. The minimum atomic E-state index is -2.02. The van der Waals surface area contributed by atoms with Crippen molar-refractivity contribution in [3.05, 3.63) is 24.3 Å². The summed E-state index contributed by atoms with van der Waals surface area (Å²) in [6.45, 7) is 12.7. The maximum Gasteiger partial charge on any atom is 0.330 e. The number of hydrogen-bond donors (Lipinski definition) is 0.